The van der Waals surface area contributed by atoms with Gasteiger partial charge >= 0.3 is 0 Å². The molecule has 0 unspecified atom stereocenters. The zero-order valence-electron chi connectivity index (χ0n) is 17.7. The molecule has 33 heavy (non-hydrogen) atoms. The van der Waals surface area contributed by atoms with Gasteiger partial charge in [0.15, 0.2) is 5.82 Å². The van der Waals surface area contributed by atoms with Crippen molar-refractivity contribution in [1.29, 1.82) is 0 Å². The number of benzene rings is 5. The highest BCUT2D eigenvalue weighted by Crippen LogP contribution is 2.43. The Morgan fingerprint density at radius 3 is 1.70 bits per heavy atom. The number of nitrogens with zero attached hydrogens (tertiary/aromatic N) is 2. The second-order valence-electron chi connectivity index (χ2n) is 8.21. The first-order chi connectivity index (χ1) is 16.4. The van der Waals surface area contributed by atoms with Crippen LogP contribution in [0.25, 0.3) is 66.3 Å². The molecule has 0 aliphatic rings. The Bertz CT molecular complexity index is 1800. The summed E-state index contributed by atoms with van der Waals surface area (Å²) in [5.41, 5.74) is 4.36. The molecule has 0 aliphatic heterocycles. The van der Waals surface area contributed by atoms with Crippen LogP contribution in [0.3, 0.4) is 0 Å². The van der Waals surface area contributed by atoms with E-state index in [0.29, 0.717) is 11.5 Å². The van der Waals surface area contributed by atoms with E-state index in [1.54, 1.807) is 0 Å². The lowest BCUT2D eigenvalue weighted by Gasteiger charge is -2.08. The maximum absolute atomic E-state index is 6.55. The van der Waals surface area contributed by atoms with E-state index in [4.69, 9.17) is 14.4 Å². The lowest BCUT2D eigenvalue weighted by atomic mass is 9.96. The van der Waals surface area contributed by atoms with E-state index >= 15 is 0 Å². The predicted molar refractivity (Wildman–Crippen MR) is 135 cm³/mol. The molecule has 5 aromatic carbocycles. The van der Waals surface area contributed by atoms with Gasteiger partial charge in [-0.1, -0.05) is 109 Å². The molecule has 0 radical (unpaired) electrons. The smallest absolute Gasteiger partial charge is 0.231 e. The number of furan rings is 1. The zero-order chi connectivity index (χ0) is 21.8. The van der Waals surface area contributed by atoms with Crippen LogP contribution in [0.5, 0.6) is 0 Å². The lowest BCUT2D eigenvalue weighted by molar-refractivity contribution is 0.657. The second-order valence-corrected chi connectivity index (χ2v) is 8.21. The maximum atomic E-state index is 6.55. The summed E-state index contributed by atoms with van der Waals surface area (Å²) in [5.74, 6) is 0.662. The van der Waals surface area contributed by atoms with Crippen molar-refractivity contribution in [2.45, 2.75) is 0 Å². The minimum atomic E-state index is 0.610. The molecular weight excluding hydrogens is 404 g/mol. The van der Waals surface area contributed by atoms with Crippen LogP contribution in [0.4, 0.5) is 0 Å². The molecule has 154 valence electrons. The molecule has 0 N–H and O–H groups in total. The highest BCUT2D eigenvalue weighted by atomic mass is 16.3. The van der Waals surface area contributed by atoms with Crippen LogP contribution in [0.1, 0.15) is 0 Å². The van der Waals surface area contributed by atoms with Crippen molar-refractivity contribution in [2.75, 3.05) is 0 Å². The Hall–Kier alpha value is -4.50. The molecule has 3 nitrogen and oxygen atoms in total. The van der Waals surface area contributed by atoms with Gasteiger partial charge in [-0.2, -0.15) is 4.98 Å². The fraction of sp³-hybridized carbons (Fsp3) is 0. The van der Waals surface area contributed by atoms with Gasteiger partial charge in [0.25, 0.3) is 0 Å². The molecule has 3 heteroatoms. The molecule has 0 saturated heterocycles. The molecule has 0 atom stereocenters. The molecule has 2 heterocycles. The molecule has 0 saturated carbocycles. The highest BCUT2D eigenvalue weighted by Gasteiger charge is 2.21. The van der Waals surface area contributed by atoms with Crippen molar-refractivity contribution in [2.24, 2.45) is 0 Å². The van der Waals surface area contributed by atoms with E-state index < -0.39 is 0 Å². The largest absolute Gasteiger partial charge is 0.437 e. The number of aromatic nitrogens is 2. The summed E-state index contributed by atoms with van der Waals surface area (Å²) in [6, 6.07) is 37.3. The minimum Gasteiger partial charge on any atom is -0.437 e. The summed E-state index contributed by atoms with van der Waals surface area (Å²) in [4.78, 5) is 9.98. The molecule has 7 aromatic rings. The second kappa shape index (κ2) is 7.01. The lowest BCUT2D eigenvalue weighted by Crippen LogP contribution is -1.93. The summed E-state index contributed by atoms with van der Waals surface area (Å²) in [6.45, 7) is 0. The molecular formula is C30H18N2O. The molecule has 0 fully saturated rings. The van der Waals surface area contributed by atoms with Gasteiger partial charge in [-0.3, -0.25) is 0 Å². The van der Waals surface area contributed by atoms with Crippen molar-refractivity contribution in [3.8, 4) is 22.6 Å². The Morgan fingerprint density at radius 1 is 0.455 bits per heavy atom. The number of hydrogen-bond donors (Lipinski definition) is 0. The summed E-state index contributed by atoms with van der Waals surface area (Å²) in [6.07, 6.45) is 0. The molecule has 0 amide bonds. The first kappa shape index (κ1) is 18.1. The van der Waals surface area contributed by atoms with Gasteiger partial charge in [0, 0.05) is 21.9 Å². The van der Waals surface area contributed by atoms with Crippen molar-refractivity contribution in [1.82, 2.24) is 9.97 Å². The van der Waals surface area contributed by atoms with Crippen molar-refractivity contribution < 1.29 is 4.42 Å². The third kappa shape index (κ3) is 2.69. The SMILES string of the molecule is c1ccc(-c2nc(-c3ccccc3)c3c(n2)oc2c4ccccc4c4ccccc4c23)cc1. The molecule has 7 rings (SSSR count). The van der Waals surface area contributed by atoms with Gasteiger partial charge in [-0.25, -0.2) is 4.98 Å². The average molecular weight is 422 g/mol. The van der Waals surface area contributed by atoms with Crippen LogP contribution < -0.4 is 0 Å². The van der Waals surface area contributed by atoms with E-state index in [0.717, 1.165) is 43.9 Å². The Labute approximate surface area is 190 Å². The van der Waals surface area contributed by atoms with E-state index in [9.17, 15) is 0 Å². The first-order valence-electron chi connectivity index (χ1n) is 11.0. The molecule has 0 spiro atoms. The van der Waals surface area contributed by atoms with E-state index in [2.05, 4.69) is 60.7 Å². The third-order valence-electron chi connectivity index (χ3n) is 6.29. The van der Waals surface area contributed by atoms with Crippen LogP contribution >= 0.6 is 0 Å². The third-order valence-corrected chi connectivity index (χ3v) is 6.29. The van der Waals surface area contributed by atoms with Gasteiger partial charge in [-0.15, -0.1) is 0 Å². The molecule has 2 aromatic heterocycles. The Kier molecular flexibility index (Phi) is 3.84. The fourth-order valence-electron chi connectivity index (χ4n) is 4.82. The standard InChI is InChI=1S/C30H18N2O/c1-3-11-19(12-4-1)27-26-25-23-17-9-7-15-21(23)22-16-8-10-18-24(22)28(25)33-30(26)32-29(31-27)20-13-5-2-6-14-20/h1-18H. The average Bonchev–Trinajstić information content (AvgIpc) is 3.29. The topological polar surface area (TPSA) is 38.9 Å². The van der Waals surface area contributed by atoms with Gasteiger partial charge in [0.05, 0.1) is 11.1 Å². The van der Waals surface area contributed by atoms with Gasteiger partial charge < -0.3 is 4.42 Å². The first-order valence-corrected chi connectivity index (χ1v) is 11.0. The van der Waals surface area contributed by atoms with Gasteiger partial charge in [0.1, 0.15) is 5.58 Å². The van der Waals surface area contributed by atoms with E-state index in [1.165, 1.54) is 10.8 Å². The molecule has 0 aliphatic carbocycles. The Morgan fingerprint density at radius 2 is 1.00 bits per heavy atom. The van der Waals surface area contributed by atoms with Crippen molar-refractivity contribution in [3.63, 3.8) is 0 Å². The van der Waals surface area contributed by atoms with Gasteiger partial charge in [-0.05, 0) is 16.2 Å². The number of hydrogen-bond acceptors (Lipinski definition) is 3. The summed E-state index contributed by atoms with van der Waals surface area (Å²) < 4.78 is 6.55. The highest BCUT2D eigenvalue weighted by molar-refractivity contribution is 6.31. The van der Waals surface area contributed by atoms with E-state index in [-0.39, 0.29) is 0 Å². The van der Waals surface area contributed by atoms with Crippen LogP contribution in [0.2, 0.25) is 0 Å². The van der Waals surface area contributed by atoms with Crippen molar-refractivity contribution in [3.05, 3.63) is 109 Å². The summed E-state index contributed by atoms with van der Waals surface area (Å²) in [7, 11) is 0. The summed E-state index contributed by atoms with van der Waals surface area (Å²) in [5, 5.41) is 6.64. The quantitative estimate of drug-likeness (QED) is 0.265. The monoisotopic (exact) mass is 422 g/mol. The van der Waals surface area contributed by atoms with Crippen LogP contribution in [0, 0.1) is 0 Å². The van der Waals surface area contributed by atoms with Gasteiger partial charge in [0.2, 0.25) is 5.71 Å². The molecule has 0 bridgehead atoms. The Balaban J connectivity index is 1.73. The van der Waals surface area contributed by atoms with Crippen LogP contribution in [-0.2, 0) is 0 Å². The zero-order valence-corrected chi connectivity index (χ0v) is 17.7. The van der Waals surface area contributed by atoms with Crippen molar-refractivity contribution >= 4 is 43.6 Å². The fourth-order valence-corrected chi connectivity index (χ4v) is 4.82. The minimum absolute atomic E-state index is 0.610. The van der Waals surface area contributed by atoms with Crippen LogP contribution in [0.15, 0.2) is 114 Å². The number of fused-ring (bicyclic) bond motifs is 8. The number of rotatable bonds is 2. The van der Waals surface area contributed by atoms with Crippen LogP contribution in [-0.4, -0.2) is 9.97 Å². The summed E-state index contributed by atoms with van der Waals surface area (Å²) >= 11 is 0. The normalized spacial score (nSPS) is 11.6. The maximum Gasteiger partial charge on any atom is 0.231 e. The predicted octanol–water partition coefficient (Wildman–Crippen LogP) is 8.02. The van der Waals surface area contributed by atoms with E-state index in [1.807, 2.05) is 48.5 Å².